The molecule has 0 radical (unpaired) electrons. The van der Waals surface area contributed by atoms with Crippen molar-refractivity contribution < 1.29 is 0 Å². The van der Waals surface area contributed by atoms with Gasteiger partial charge in [0.1, 0.15) is 0 Å². The highest BCUT2D eigenvalue weighted by Crippen LogP contribution is 2.31. The number of aryl methyl sites for hydroxylation is 2. The Morgan fingerprint density at radius 3 is 1.93 bits per heavy atom. The van der Waals surface area contributed by atoms with Gasteiger partial charge in [-0.05, 0) is 78.1 Å². The zero-order chi connectivity index (χ0) is 19.7. The third-order valence-electron chi connectivity index (χ3n) is 5.53. The second-order valence-electron chi connectivity index (χ2n) is 7.82. The molecule has 142 valence electrons. The van der Waals surface area contributed by atoms with Crippen LogP contribution in [-0.4, -0.2) is 20.3 Å². The van der Waals surface area contributed by atoms with E-state index in [9.17, 15) is 0 Å². The molecule has 4 rings (SSSR count). The van der Waals surface area contributed by atoms with E-state index in [4.69, 9.17) is 0 Å². The van der Waals surface area contributed by atoms with Crippen LogP contribution in [0.4, 0.5) is 17.1 Å². The number of hydrogen-bond donors (Lipinski definition) is 0. The van der Waals surface area contributed by atoms with Crippen LogP contribution in [0, 0.1) is 13.8 Å². The molecule has 0 saturated carbocycles. The first-order chi connectivity index (χ1) is 13.5. The molecule has 0 spiro atoms. The van der Waals surface area contributed by atoms with Gasteiger partial charge in [-0.3, -0.25) is 4.99 Å². The molecule has 3 aromatic carbocycles. The van der Waals surface area contributed by atoms with Crippen LogP contribution < -0.4 is 9.80 Å². The van der Waals surface area contributed by atoms with Crippen molar-refractivity contribution in [2.45, 2.75) is 26.9 Å². The maximum atomic E-state index is 4.62. The molecule has 0 atom stereocenters. The molecule has 0 aliphatic carbocycles. The van der Waals surface area contributed by atoms with Gasteiger partial charge in [0.05, 0.1) is 5.69 Å². The largest absolute Gasteiger partial charge is 0.378 e. The Hall–Kier alpha value is -3.07. The molecule has 1 aliphatic heterocycles. The summed E-state index contributed by atoms with van der Waals surface area (Å²) in [7, 11) is 4.09. The average molecular weight is 370 g/mol. The highest BCUT2D eigenvalue weighted by Gasteiger charge is 2.19. The SMILES string of the molecule is Cc1cc2c(cc1C)CN(c1ccc(N=Cc3ccc(N(C)C)cc3)cc1)C2. The Morgan fingerprint density at radius 1 is 0.821 bits per heavy atom. The van der Waals surface area contributed by atoms with Crippen LogP contribution in [0.5, 0.6) is 0 Å². The van der Waals surface area contributed by atoms with Crippen molar-refractivity contribution in [3.8, 4) is 0 Å². The first-order valence-corrected chi connectivity index (χ1v) is 9.75. The fraction of sp³-hybridized carbons (Fsp3) is 0.240. The van der Waals surface area contributed by atoms with Crippen LogP contribution in [0.25, 0.3) is 0 Å². The third-order valence-corrected chi connectivity index (χ3v) is 5.53. The number of nitrogens with zero attached hydrogens (tertiary/aromatic N) is 3. The van der Waals surface area contributed by atoms with E-state index >= 15 is 0 Å². The van der Waals surface area contributed by atoms with Gasteiger partial charge in [-0.15, -0.1) is 0 Å². The van der Waals surface area contributed by atoms with Gasteiger partial charge < -0.3 is 9.80 Å². The van der Waals surface area contributed by atoms with Crippen molar-refractivity contribution in [2.24, 2.45) is 4.99 Å². The minimum Gasteiger partial charge on any atom is -0.378 e. The topological polar surface area (TPSA) is 18.8 Å². The minimum absolute atomic E-state index is 0.976. The average Bonchev–Trinajstić information content (AvgIpc) is 3.10. The zero-order valence-corrected chi connectivity index (χ0v) is 17.1. The predicted octanol–water partition coefficient (Wildman–Crippen LogP) is 5.64. The monoisotopic (exact) mass is 369 g/mol. The van der Waals surface area contributed by atoms with E-state index in [2.05, 4.69) is 89.3 Å². The fourth-order valence-electron chi connectivity index (χ4n) is 3.64. The number of rotatable bonds is 4. The minimum atomic E-state index is 0.976. The quantitative estimate of drug-likeness (QED) is 0.554. The summed E-state index contributed by atoms with van der Waals surface area (Å²) in [6.07, 6.45) is 1.92. The Bertz CT molecular complexity index is 968. The van der Waals surface area contributed by atoms with Gasteiger partial charge in [0.2, 0.25) is 0 Å². The normalized spacial score (nSPS) is 13.2. The standard InChI is InChI=1S/C25H27N3/c1-18-13-21-16-28(17-22(21)14-19(18)2)25-11-7-23(8-12-25)26-15-20-5-9-24(10-6-20)27(3)4/h5-15H,16-17H2,1-4H3. The maximum Gasteiger partial charge on any atom is 0.0631 e. The maximum absolute atomic E-state index is 4.62. The summed E-state index contributed by atoms with van der Waals surface area (Å²) < 4.78 is 0. The van der Waals surface area contributed by atoms with Crippen molar-refractivity contribution >= 4 is 23.3 Å². The number of benzene rings is 3. The van der Waals surface area contributed by atoms with Gasteiger partial charge in [0.15, 0.2) is 0 Å². The Morgan fingerprint density at radius 2 is 1.39 bits per heavy atom. The molecular formula is C25H27N3. The lowest BCUT2D eigenvalue weighted by atomic mass is 10.0. The van der Waals surface area contributed by atoms with E-state index in [0.717, 1.165) is 24.3 Å². The van der Waals surface area contributed by atoms with E-state index in [0.29, 0.717) is 0 Å². The number of anilines is 2. The van der Waals surface area contributed by atoms with Crippen LogP contribution in [0.3, 0.4) is 0 Å². The number of fused-ring (bicyclic) bond motifs is 1. The summed E-state index contributed by atoms with van der Waals surface area (Å²) >= 11 is 0. The second-order valence-corrected chi connectivity index (χ2v) is 7.82. The zero-order valence-electron chi connectivity index (χ0n) is 17.1. The Kier molecular flexibility index (Phi) is 4.91. The van der Waals surface area contributed by atoms with Gasteiger partial charge in [-0.2, -0.15) is 0 Å². The van der Waals surface area contributed by atoms with E-state index in [1.807, 2.05) is 20.3 Å². The third kappa shape index (κ3) is 3.79. The first kappa shape index (κ1) is 18.3. The highest BCUT2D eigenvalue weighted by atomic mass is 15.1. The van der Waals surface area contributed by atoms with E-state index in [1.54, 1.807) is 0 Å². The lowest BCUT2D eigenvalue weighted by Gasteiger charge is -2.17. The molecule has 3 aromatic rings. The van der Waals surface area contributed by atoms with Gasteiger partial charge >= 0.3 is 0 Å². The molecule has 1 heterocycles. The van der Waals surface area contributed by atoms with Crippen LogP contribution in [0.15, 0.2) is 65.7 Å². The van der Waals surface area contributed by atoms with Gasteiger partial charge in [-0.1, -0.05) is 24.3 Å². The smallest absolute Gasteiger partial charge is 0.0631 e. The lowest BCUT2D eigenvalue weighted by Crippen LogP contribution is -2.13. The highest BCUT2D eigenvalue weighted by molar-refractivity contribution is 5.82. The molecule has 0 bridgehead atoms. The van der Waals surface area contributed by atoms with Crippen LogP contribution in [0.1, 0.15) is 27.8 Å². The molecule has 3 nitrogen and oxygen atoms in total. The van der Waals surface area contributed by atoms with Gasteiger partial charge in [-0.25, -0.2) is 0 Å². The summed E-state index contributed by atoms with van der Waals surface area (Å²) in [6, 6.07) is 21.6. The Balaban J connectivity index is 1.44. The van der Waals surface area contributed by atoms with E-state index < -0.39 is 0 Å². The molecule has 0 saturated heterocycles. The van der Waals surface area contributed by atoms with Crippen molar-refractivity contribution in [1.29, 1.82) is 0 Å². The van der Waals surface area contributed by atoms with Crippen molar-refractivity contribution in [3.63, 3.8) is 0 Å². The molecule has 0 unspecified atom stereocenters. The molecule has 0 fully saturated rings. The molecule has 28 heavy (non-hydrogen) atoms. The lowest BCUT2D eigenvalue weighted by molar-refractivity contribution is 0.880. The first-order valence-electron chi connectivity index (χ1n) is 9.75. The molecule has 3 heteroatoms. The van der Waals surface area contributed by atoms with E-state index in [-0.39, 0.29) is 0 Å². The summed E-state index contributed by atoms with van der Waals surface area (Å²) in [5.74, 6) is 0. The molecule has 0 amide bonds. The molecule has 0 N–H and O–H groups in total. The predicted molar refractivity (Wildman–Crippen MR) is 120 cm³/mol. The molecule has 0 aromatic heterocycles. The number of hydrogen-bond acceptors (Lipinski definition) is 3. The van der Waals surface area contributed by atoms with Crippen molar-refractivity contribution in [2.75, 3.05) is 23.9 Å². The summed E-state index contributed by atoms with van der Waals surface area (Å²) in [5, 5.41) is 0. The second kappa shape index (κ2) is 7.51. The van der Waals surface area contributed by atoms with Crippen LogP contribution in [0.2, 0.25) is 0 Å². The summed E-state index contributed by atoms with van der Waals surface area (Å²) in [6.45, 7) is 6.35. The molecule has 1 aliphatic rings. The van der Waals surface area contributed by atoms with Gasteiger partial charge in [0, 0.05) is 44.8 Å². The molecular weight excluding hydrogens is 342 g/mol. The van der Waals surface area contributed by atoms with Crippen molar-refractivity contribution in [1.82, 2.24) is 0 Å². The van der Waals surface area contributed by atoms with Gasteiger partial charge in [0.25, 0.3) is 0 Å². The summed E-state index contributed by atoms with van der Waals surface area (Å²) in [4.78, 5) is 9.15. The number of aliphatic imine (C=N–C) groups is 1. The van der Waals surface area contributed by atoms with Crippen LogP contribution in [-0.2, 0) is 13.1 Å². The van der Waals surface area contributed by atoms with Crippen LogP contribution >= 0.6 is 0 Å². The summed E-state index contributed by atoms with van der Waals surface area (Å²) in [5.41, 5.74) is 10.2. The Labute approximate surface area is 168 Å². The van der Waals surface area contributed by atoms with E-state index in [1.165, 1.54) is 33.6 Å². The fourth-order valence-corrected chi connectivity index (χ4v) is 3.64. The van der Waals surface area contributed by atoms with Crippen molar-refractivity contribution in [3.05, 3.63) is 88.5 Å².